The second-order valence-corrected chi connectivity index (χ2v) is 9.59. The van der Waals surface area contributed by atoms with E-state index in [1.807, 2.05) is 0 Å². The van der Waals surface area contributed by atoms with E-state index < -0.39 is 16.0 Å². The number of anilines is 1. The summed E-state index contributed by atoms with van der Waals surface area (Å²) in [4.78, 5) is 25.3. The van der Waals surface area contributed by atoms with Crippen molar-refractivity contribution in [3.05, 3.63) is 83.9 Å². The average molecular weight is 497 g/mol. The van der Waals surface area contributed by atoms with Gasteiger partial charge in [-0.3, -0.25) is 4.79 Å². The molecule has 1 saturated heterocycles. The van der Waals surface area contributed by atoms with Crippen molar-refractivity contribution in [1.82, 2.24) is 4.31 Å². The zero-order chi connectivity index (χ0) is 24.8. The van der Waals surface area contributed by atoms with E-state index in [1.54, 1.807) is 42.5 Å². The minimum Gasteiger partial charge on any atom is -0.497 e. The Bertz CT molecular complexity index is 1330. The Morgan fingerprint density at radius 1 is 0.886 bits per heavy atom. The van der Waals surface area contributed by atoms with Crippen LogP contribution in [0.1, 0.15) is 20.7 Å². The van der Waals surface area contributed by atoms with Gasteiger partial charge in [-0.25, -0.2) is 13.2 Å². The van der Waals surface area contributed by atoms with Crippen molar-refractivity contribution in [3.8, 4) is 11.5 Å². The molecule has 1 fully saturated rings. The number of rotatable bonds is 7. The van der Waals surface area contributed by atoms with Gasteiger partial charge in [0.25, 0.3) is 5.91 Å². The molecule has 0 bridgehead atoms. The molecule has 1 aliphatic rings. The van der Waals surface area contributed by atoms with Crippen LogP contribution in [0.2, 0.25) is 0 Å². The molecule has 0 aliphatic carbocycles. The predicted molar refractivity (Wildman–Crippen MR) is 128 cm³/mol. The highest BCUT2D eigenvalue weighted by Gasteiger charge is 2.27. The number of hydrogen-bond acceptors (Lipinski definition) is 7. The van der Waals surface area contributed by atoms with Gasteiger partial charge in [-0.05, 0) is 48.5 Å². The molecule has 1 amide bonds. The second-order valence-electron chi connectivity index (χ2n) is 7.65. The highest BCUT2D eigenvalue weighted by atomic mass is 32.2. The monoisotopic (exact) mass is 496 g/mol. The van der Waals surface area contributed by atoms with E-state index in [-0.39, 0.29) is 35.2 Å². The topological polar surface area (TPSA) is 111 Å². The summed E-state index contributed by atoms with van der Waals surface area (Å²) in [6, 6.07) is 18.8. The summed E-state index contributed by atoms with van der Waals surface area (Å²) in [6.45, 7) is 1.16. The largest absolute Gasteiger partial charge is 0.497 e. The van der Waals surface area contributed by atoms with Gasteiger partial charge in [0.2, 0.25) is 10.0 Å². The fourth-order valence-corrected chi connectivity index (χ4v) is 4.94. The van der Waals surface area contributed by atoms with Crippen molar-refractivity contribution in [2.24, 2.45) is 0 Å². The van der Waals surface area contributed by atoms with Crippen molar-refractivity contribution in [3.63, 3.8) is 0 Å². The summed E-state index contributed by atoms with van der Waals surface area (Å²) in [5, 5.41) is 2.75. The van der Waals surface area contributed by atoms with Gasteiger partial charge in [0.15, 0.2) is 0 Å². The minimum atomic E-state index is -3.75. The third-order valence-corrected chi connectivity index (χ3v) is 7.21. The van der Waals surface area contributed by atoms with Crippen LogP contribution in [0, 0.1) is 0 Å². The summed E-state index contributed by atoms with van der Waals surface area (Å²) in [5.74, 6) is -0.327. The van der Waals surface area contributed by atoms with Crippen LogP contribution >= 0.6 is 0 Å². The Hall–Kier alpha value is -3.73. The van der Waals surface area contributed by atoms with E-state index in [1.165, 1.54) is 41.7 Å². The highest BCUT2D eigenvalue weighted by molar-refractivity contribution is 7.89. The van der Waals surface area contributed by atoms with Crippen LogP contribution < -0.4 is 14.8 Å². The summed E-state index contributed by atoms with van der Waals surface area (Å²) in [7, 11) is -2.24. The van der Waals surface area contributed by atoms with Crippen LogP contribution in [-0.4, -0.2) is 58.0 Å². The van der Waals surface area contributed by atoms with Crippen molar-refractivity contribution >= 4 is 27.6 Å². The van der Waals surface area contributed by atoms with Gasteiger partial charge in [0.05, 0.1) is 30.8 Å². The summed E-state index contributed by atoms with van der Waals surface area (Å²) >= 11 is 0. The lowest BCUT2D eigenvalue weighted by Crippen LogP contribution is -2.40. The lowest BCUT2D eigenvalue weighted by molar-refractivity contribution is 0.0727. The quantitative estimate of drug-likeness (QED) is 0.395. The van der Waals surface area contributed by atoms with Gasteiger partial charge < -0.3 is 19.5 Å². The van der Waals surface area contributed by atoms with E-state index >= 15 is 0 Å². The Labute approximate surface area is 203 Å². The molecule has 10 heteroatoms. The van der Waals surface area contributed by atoms with Crippen LogP contribution in [0.3, 0.4) is 0 Å². The molecule has 1 aliphatic heterocycles. The number of nitrogens with zero attached hydrogens (tertiary/aromatic N) is 1. The Morgan fingerprint density at radius 3 is 2.34 bits per heavy atom. The highest BCUT2D eigenvalue weighted by Crippen LogP contribution is 2.22. The first-order valence-corrected chi connectivity index (χ1v) is 12.3. The number of carbonyl (C=O) groups excluding carboxylic acids is 2. The van der Waals surface area contributed by atoms with Crippen molar-refractivity contribution in [2.75, 3.05) is 38.7 Å². The molecule has 4 rings (SSSR count). The predicted octanol–water partition coefficient (Wildman–Crippen LogP) is 3.19. The van der Waals surface area contributed by atoms with Gasteiger partial charge in [-0.15, -0.1) is 0 Å². The maximum Gasteiger partial charge on any atom is 0.343 e. The smallest absolute Gasteiger partial charge is 0.343 e. The molecule has 0 radical (unpaired) electrons. The van der Waals surface area contributed by atoms with E-state index in [2.05, 4.69) is 5.32 Å². The molecule has 3 aromatic rings. The van der Waals surface area contributed by atoms with Crippen molar-refractivity contribution in [1.29, 1.82) is 0 Å². The van der Waals surface area contributed by atoms with Crippen LogP contribution in [0.4, 0.5) is 5.69 Å². The Kier molecular flexibility index (Phi) is 7.45. The molecule has 35 heavy (non-hydrogen) atoms. The minimum absolute atomic E-state index is 0.00755. The van der Waals surface area contributed by atoms with E-state index in [0.717, 1.165) is 0 Å². The fraction of sp³-hybridized carbons (Fsp3) is 0.200. The number of amides is 1. The molecule has 0 saturated carbocycles. The number of sulfonamides is 1. The fourth-order valence-electron chi connectivity index (χ4n) is 3.49. The number of carbonyl (C=O) groups is 2. The maximum atomic E-state index is 12.9. The molecule has 0 unspecified atom stereocenters. The van der Waals surface area contributed by atoms with E-state index in [0.29, 0.717) is 30.2 Å². The maximum absolute atomic E-state index is 12.9. The number of ether oxygens (including phenoxy) is 3. The van der Waals surface area contributed by atoms with Crippen LogP contribution in [0.25, 0.3) is 0 Å². The molecule has 0 spiro atoms. The number of hydrogen-bond donors (Lipinski definition) is 1. The molecule has 1 N–H and O–H groups in total. The van der Waals surface area contributed by atoms with Gasteiger partial charge in [-0.2, -0.15) is 4.31 Å². The number of benzene rings is 3. The number of nitrogens with one attached hydrogen (secondary N) is 1. The lowest BCUT2D eigenvalue weighted by atomic mass is 10.2. The molecule has 0 atom stereocenters. The Balaban J connectivity index is 1.46. The molecule has 1 heterocycles. The average Bonchev–Trinajstić information content (AvgIpc) is 2.89. The van der Waals surface area contributed by atoms with Crippen LogP contribution in [0.15, 0.2) is 77.7 Å². The molecular formula is C25H24N2O7S. The normalized spacial score (nSPS) is 14.2. The van der Waals surface area contributed by atoms with Gasteiger partial charge in [0, 0.05) is 30.4 Å². The lowest BCUT2D eigenvalue weighted by Gasteiger charge is -2.26. The van der Waals surface area contributed by atoms with Gasteiger partial charge in [0.1, 0.15) is 11.5 Å². The summed E-state index contributed by atoms with van der Waals surface area (Å²) in [5.41, 5.74) is 0.918. The van der Waals surface area contributed by atoms with E-state index in [9.17, 15) is 18.0 Å². The van der Waals surface area contributed by atoms with Gasteiger partial charge >= 0.3 is 5.97 Å². The zero-order valence-electron chi connectivity index (χ0n) is 19.0. The summed E-state index contributed by atoms with van der Waals surface area (Å²) in [6.07, 6.45) is 0. The molecule has 3 aromatic carbocycles. The van der Waals surface area contributed by atoms with Gasteiger partial charge in [-0.1, -0.05) is 18.2 Å². The number of methoxy groups -OCH3 is 1. The standard InChI is InChI=1S/C25H24N2O7S/c1-32-21-8-2-5-18(15-21)24(28)26-20-7-4-9-22(17-20)34-25(29)19-6-3-10-23(16-19)35(30,31)27-11-13-33-14-12-27/h2-10,15-17H,11-14H2,1H3,(H,26,28). The number of esters is 1. The molecule has 9 nitrogen and oxygen atoms in total. The van der Waals surface area contributed by atoms with Crippen LogP contribution in [-0.2, 0) is 14.8 Å². The molecule has 182 valence electrons. The second kappa shape index (κ2) is 10.7. The van der Waals surface area contributed by atoms with E-state index in [4.69, 9.17) is 14.2 Å². The first kappa shape index (κ1) is 24.4. The molecule has 0 aromatic heterocycles. The SMILES string of the molecule is COc1cccc(C(=O)Nc2cccc(OC(=O)c3cccc(S(=O)(=O)N4CCOCC4)c3)c2)c1. The third-order valence-electron chi connectivity index (χ3n) is 5.31. The molecular weight excluding hydrogens is 472 g/mol. The van der Waals surface area contributed by atoms with Crippen LogP contribution in [0.5, 0.6) is 11.5 Å². The number of morpholine rings is 1. The Morgan fingerprint density at radius 2 is 1.57 bits per heavy atom. The summed E-state index contributed by atoms with van der Waals surface area (Å²) < 4.78 is 42.9. The van der Waals surface area contributed by atoms with Crippen molar-refractivity contribution < 1.29 is 32.2 Å². The zero-order valence-corrected chi connectivity index (χ0v) is 19.8. The van der Waals surface area contributed by atoms with Crippen molar-refractivity contribution in [2.45, 2.75) is 4.90 Å². The third kappa shape index (κ3) is 5.86. The first-order valence-electron chi connectivity index (χ1n) is 10.8. The first-order chi connectivity index (χ1) is 16.9.